The van der Waals surface area contributed by atoms with Gasteiger partial charge in [0.15, 0.2) is 0 Å². The van der Waals surface area contributed by atoms with Crippen LogP contribution in [0.15, 0.2) is 18.3 Å². The van der Waals surface area contributed by atoms with Crippen molar-refractivity contribution in [1.82, 2.24) is 25.3 Å². The van der Waals surface area contributed by atoms with E-state index in [1.807, 2.05) is 24.0 Å². The van der Waals surface area contributed by atoms with Gasteiger partial charge in [0.05, 0.1) is 11.7 Å². The molecule has 1 aromatic carbocycles. The van der Waals surface area contributed by atoms with Crippen LogP contribution in [0.5, 0.6) is 0 Å². The van der Waals surface area contributed by atoms with Crippen molar-refractivity contribution in [3.8, 4) is 0 Å². The van der Waals surface area contributed by atoms with Gasteiger partial charge in [0.25, 0.3) is 3.91 Å². The van der Waals surface area contributed by atoms with E-state index >= 15 is 0 Å². The summed E-state index contributed by atoms with van der Waals surface area (Å²) in [6.07, 6.45) is 7.69. The van der Waals surface area contributed by atoms with Gasteiger partial charge in [-0.1, -0.05) is 12.5 Å². The van der Waals surface area contributed by atoms with E-state index in [0.717, 1.165) is 48.0 Å². The highest BCUT2D eigenvalue weighted by Crippen LogP contribution is 2.27. The number of H-pyrrole nitrogens is 1. The molecule has 1 aromatic heterocycles. The van der Waals surface area contributed by atoms with Crippen LogP contribution in [0.1, 0.15) is 49.3 Å². The van der Waals surface area contributed by atoms with Gasteiger partial charge in [-0.15, -0.1) is 0 Å². The second kappa shape index (κ2) is 8.99. The van der Waals surface area contributed by atoms with Crippen LogP contribution < -0.4 is 5.32 Å². The monoisotopic (exact) mass is 509 g/mol. The fourth-order valence-corrected chi connectivity index (χ4v) is 5.06. The lowest BCUT2D eigenvalue weighted by molar-refractivity contribution is -0.135. The smallest absolute Gasteiger partial charge is 0.281 e. The highest BCUT2D eigenvalue weighted by atomic mass is 127. The number of benzene rings is 1. The number of fused-ring (bicyclic) bond motifs is 1. The van der Waals surface area contributed by atoms with E-state index in [-0.39, 0.29) is 9.82 Å². The third-order valence-corrected chi connectivity index (χ3v) is 6.60. The first kappa shape index (κ1) is 20.6. The van der Waals surface area contributed by atoms with Crippen LogP contribution in [-0.4, -0.2) is 62.0 Å². The lowest BCUT2D eigenvalue weighted by atomic mass is 9.97. The third-order valence-electron chi connectivity index (χ3n) is 6.29. The van der Waals surface area contributed by atoms with Gasteiger partial charge in [0.2, 0.25) is 5.91 Å². The van der Waals surface area contributed by atoms with E-state index in [2.05, 4.69) is 20.4 Å². The van der Waals surface area contributed by atoms with Crippen molar-refractivity contribution in [2.75, 3.05) is 26.2 Å². The predicted octanol–water partition coefficient (Wildman–Crippen LogP) is 3.53. The molecule has 0 bridgehead atoms. The Morgan fingerprint density at radius 1 is 1.17 bits per heavy atom. The van der Waals surface area contributed by atoms with Gasteiger partial charge in [-0.05, 0) is 62.9 Å². The van der Waals surface area contributed by atoms with Crippen LogP contribution in [0, 0.1) is 6.92 Å². The average molecular weight is 509 g/mol. The molecule has 29 heavy (non-hydrogen) atoms. The number of piperidine rings is 2. The number of likely N-dealkylation sites (tertiary alicyclic amines) is 2. The molecule has 0 saturated carbocycles. The molecule has 3 heterocycles. The number of rotatable bonds is 4. The largest absolute Gasteiger partial charge is 0.340 e. The van der Waals surface area contributed by atoms with Crippen molar-refractivity contribution < 1.29 is 9.59 Å². The lowest BCUT2D eigenvalue weighted by Crippen LogP contribution is -2.50. The predicted molar refractivity (Wildman–Crippen MR) is 121 cm³/mol. The Morgan fingerprint density at radius 2 is 1.90 bits per heavy atom. The van der Waals surface area contributed by atoms with Crippen molar-refractivity contribution >= 4 is 43.3 Å². The SMILES string of the molecule is Cc1cc(C(NC(=O)I)C(=O)N2CCC(N3CCCCC3)CC2)cc2cn[nH]c12. The maximum absolute atomic E-state index is 13.4. The topological polar surface area (TPSA) is 81.3 Å². The molecule has 8 heteroatoms. The van der Waals surface area contributed by atoms with Crippen molar-refractivity contribution in [3.05, 3.63) is 29.5 Å². The second-order valence-electron chi connectivity index (χ2n) is 8.18. The van der Waals surface area contributed by atoms with E-state index in [1.165, 1.54) is 32.4 Å². The van der Waals surface area contributed by atoms with Gasteiger partial charge in [0.1, 0.15) is 6.04 Å². The van der Waals surface area contributed by atoms with Crippen molar-refractivity contribution in [2.45, 2.75) is 51.1 Å². The summed E-state index contributed by atoms with van der Waals surface area (Å²) < 4.78 is -0.228. The number of amides is 2. The van der Waals surface area contributed by atoms with E-state index in [4.69, 9.17) is 0 Å². The van der Waals surface area contributed by atoms with Crippen LogP contribution in [0.2, 0.25) is 0 Å². The first-order valence-electron chi connectivity index (χ1n) is 10.5. The zero-order valence-electron chi connectivity index (χ0n) is 16.8. The van der Waals surface area contributed by atoms with Crippen molar-refractivity contribution in [3.63, 3.8) is 0 Å². The molecular formula is C21H28IN5O2. The zero-order valence-corrected chi connectivity index (χ0v) is 18.9. The van der Waals surface area contributed by atoms with Gasteiger partial charge in [-0.25, -0.2) is 0 Å². The summed E-state index contributed by atoms with van der Waals surface area (Å²) in [5.74, 6) is -0.0191. The number of hydrogen-bond donors (Lipinski definition) is 2. The fraction of sp³-hybridized carbons (Fsp3) is 0.571. The maximum atomic E-state index is 13.4. The molecule has 2 aliphatic heterocycles. The molecule has 2 N–H and O–H groups in total. The summed E-state index contributed by atoms with van der Waals surface area (Å²) in [6, 6.07) is 3.84. The Kier molecular flexibility index (Phi) is 6.38. The Morgan fingerprint density at radius 3 is 2.59 bits per heavy atom. The van der Waals surface area contributed by atoms with Crippen LogP contribution >= 0.6 is 22.6 Å². The molecule has 0 radical (unpaired) electrons. The molecule has 2 saturated heterocycles. The normalized spacial score (nSPS) is 20.0. The van der Waals surface area contributed by atoms with Gasteiger partial charge < -0.3 is 15.1 Å². The minimum absolute atomic E-state index is 0.0191. The van der Waals surface area contributed by atoms with Crippen molar-refractivity contribution in [2.24, 2.45) is 0 Å². The Balaban J connectivity index is 1.49. The highest BCUT2D eigenvalue weighted by molar-refractivity contribution is 14.1. The van der Waals surface area contributed by atoms with E-state index < -0.39 is 6.04 Å². The molecule has 2 fully saturated rings. The van der Waals surface area contributed by atoms with Gasteiger partial charge in [0, 0.05) is 47.1 Å². The molecule has 0 spiro atoms. The minimum Gasteiger partial charge on any atom is -0.340 e. The van der Waals surface area contributed by atoms with E-state index in [1.54, 1.807) is 28.8 Å². The van der Waals surface area contributed by atoms with Crippen LogP contribution in [-0.2, 0) is 4.79 Å². The number of carbonyl (C=O) groups excluding carboxylic acids is 2. The number of carbonyl (C=O) groups is 2. The number of aromatic amines is 1. The minimum atomic E-state index is -0.663. The first-order chi connectivity index (χ1) is 14.0. The van der Waals surface area contributed by atoms with Gasteiger partial charge in [-0.2, -0.15) is 5.10 Å². The van der Waals surface area contributed by atoms with E-state index in [0.29, 0.717) is 6.04 Å². The summed E-state index contributed by atoms with van der Waals surface area (Å²) in [4.78, 5) is 29.8. The second-order valence-corrected chi connectivity index (χ2v) is 9.16. The zero-order chi connectivity index (χ0) is 20.4. The quantitative estimate of drug-likeness (QED) is 0.376. The summed E-state index contributed by atoms with van der Waals surface area (Å²) in [5.41, 5.74) is 2.78. The third kappa shape index (κ3) is 4.58. The summed E-state index contributed by atoms with van der Waals surface area (Å²) in [7, 11) is 0. The Labute approximate surface area is 184 Å². The molecule has 2 amide bonds. The average Bonchev–Trinajstić information content (AvgIpc) is 3.21. The lowest BCUT2D eigenvalue weighted by Gasteiger charge is -2.41. The first-order valence-corrected chi connectivity index (χ1v) is 11.5. The standard InChI is InChI=1S/C21H28IN5O2/c1-14-11-15(12-16-13-23-25-18(14)16)19(24-21(22)29)20(28)27-9-5-17(6-10-27)26-7-3-2-4-8-26/h11-13,17,19H,2-10H2,1H3,(H,23,25)(H,24,29). The number of nitrogens with zero attached hydrogens (tertiary/aromatic N) is 3. The van der Waals surface area contributed by atoms with Crippen LogP contribution in [0.4, 0.5) is 4.79 Å². The summed E-state index contributed by atoms with van der Waals surface area (Å²) >= 11 is 1.70. The molecule has 1 atom stereocenters. The van der Waals surface area contributed by atoms with Crippen molar-refractivity contribution in [1.29, 1.82) is 0 Å². The number of nitrogens with one attached hydrogen (secondary N) is 2. The number of hydrogen-bond acceptors (Lipinski definition) is 4. The summed E-state index contributed by atoms with van der Waals surface area (Å²) in [5, 5.41) is 10.9. The number of aryl methyl sites for hydroxylation is 1. The number of halogens is 1. The van der Waals surface area contributed by atoms with Crippen LogP contribution in [0.3, 0.4) is 0 Å². The molecule has 7 nitrogen and oxygen atoms in total. The molecular weight excluding hydrogens is 481 g/mol. The molecule has 156 valence electrons. The van der Waals surface area contributed by atoms with Crippen LogP contribution in [0.25, 0.3) is 10.9 Å². The molecule has 2 aromatic rings. The maximum Gasteiger partial charge on any atom is 0.281 e. The van der Waals surface area contributed by atoms with Gasteiger partial charge in [-0.3, -0.25) is 14.7 Å². The fourth-order valence-electron chi connectivity index (χ4n) is 4.75. The molecule has 4 rings (SSSR count). The highest BCUT2D eigenvalue weighted by Gasteiger charge is 2.32. The molecule has 1 unspecified atom stereocenters. The number of aromatic nitrogens is 2. The van der Waals surface area contributed by atoms with Gasteiger partial charge >= 0.3 is 0 Å². The Hall–Kier alpha value is -1.68. The molecule has 0 aliphatic carbocycles. The van der Waals surface area contributed by atoms with E-state index in [9.17, 15) is 9.59 Å². The Bertz CT molecular complexity index is 884. The molecule has 2 aliphatic rings. The summed E-state index contributed by atoms with van der Waals surface area (Å²) in [6.45, 7) is 5.87.